The van der Waals surface area contributed by atoms with Crippen molar-refractivity contribution < 1.29 is 9.90 Å². The molecule has 1 saturated carbocycles. The number of rotatable bonds is 5. The molecule has 0 unspecified atom stereocenters. The lowest BCUT2D eigenvalue weighted by Crippen LogP contribution is -2.40. The van der Waals surface area contributed by atoms with Gasteiger partial charge in [0.25, 0.3) is 5.91 Å². The van der Waals surface area contributed by atoms with Crippen molar-refractivity contribution in [1.82, 2.24) is 14.8 Å². The van der Waals surface area contributed by atoms with Crippen LogP contribution in [0.3, 0.4) is 0 Å². The molecule has 2 heterocycles. The number of aliphatic hydroxyl groups is 1. The first kappa shape index (κ1) is 22.7. The Kier molecular flexibility index (Phi) is 6.05. The highest BCUT2D eigenvalue weighted by molar-refractivity contribution is 6.04. The number of hydrogen-bond donors (Lipinski definition) is 2. The Morgan fingerprint density at radius 2 is 1.82 bits per heavy atom. The van der Waals surface area contributed by atoms with Crippen LogP contribution >= 0.6 is 0 Å². The van der Waals surface area contributed by atoms with E-state index in [0.29, 0.717) is 49.0 Å². The summed E-state index contributed by atoms with van der Waals surface area (Å²) in [7, 11) is 0. The molecule has 7 nitrogen and oxygen atoms in total. The Morgan fingerprint density at radius 1 is 1.12 bits per heavy atom. The van der Waals surface area contributed by atoms with Crippen molar-refractivity contribution in [3.8, 4) is 11.8 Å². The highest BCUT2D eigenvalue weighted by Gasteiger charge is 2.43. The molecule has 33 heavy (non-hydrogen) atoms. The highest BCUT2D eigenvalue weighted by Crippen LogP contribution is 2.43. The lowest BCUT2D eigenvalue weighted by Gasteiger charge is -2.39. The number of nitrogens with zero attached hydrogens (tertiary/aromatic N) is 4. The third kappa shape index (κ3) is 4.39. The van der Waals surface area contributed by atoms with Crippen LogP contribution in [0.5, 0.6) is 0 Å². The molecule has 1 fully saturated rings. The van der Waals surface area contributed by atoms with Gasteiger partial charge in [0, 0.05) is 0 Å². The minimum atomic E-state index is -0.699. The maximum absolute atomic E-state index is 12.9. The number of carbonyl (C=O) groups is 1. The van der Waals surface area contributed by atoms with E-state index in [4.69, 9.17) is 0 Å². The van der Waals surface area contributed by atoms with E-state index in [-0.39, 0.29) is 5.91 Å². The van der Waals surface area contributed by atoms with E-state index >= 15 is 0 Å². The number of pyridine rings is 1. The highest BCUT2D eigenvalue weighted by atomic mass is 16.3. The van der Waals surface area contributed by atoms with Gasteiger partial charge in [-0.1, -0.05) is 24.6 Å². The van der Waals surface area contributed by atoms with Crippen LogP contribution < -0.4 is 5.32 Å². The Hall–Kier alpha value is -3.50. The van der Waals surface area contributed by atoms with E-state index in [1.807, 2.05) is 45.0 Å². The molecule has 1 aliphatic carbocycles. The van der Waals surface area contributed by atoms with E-state index in [0.717, 1.165) is 16.9 Å². The molecule has 0 radical (unpaired) electrons. The summed E-state index contributed by atoms with van der Waals surface area (Å²) in [6.07, 6.45) is 6.16. The molecule has 0 spiro atoms. The number of aryl methyl sites for hydroxylation is 1. The quantitative estimate of drug-likeness (QED) is 0.599. The number of hydrogen-bond acceptors (Lipinski definition) is 5. The first-order chi connectivity index (χ1) is 15.8. The summed E-state index contributed by atoms with van der Waals surface area (Å²) in [6.45, 7) is 5.86. The summed E-state index contributed by atoms with van der Waals surface area (Å²) in [5.74, 6) is -0.263. The molecule has 4 rings (SSSR count). The Labute approximate surface area is 194 Å². The lowest BCUT2D eigenvalue weighted by molar-refractivity contribution is -0.0124. The van der Waals surface area contributed by atoms with Crippen molar-refractivity contribution >= 4 is 11.6 Å². The first-order valence-corrected chi connectivity index (χ1v) is 11.3. The average molecular weight is 444 g/mol. The smallest absolute Gasteiger partial charge is 0.259 e. The second kappa shape index (κ2) is 8.80. The number of anilines is 1. The van der Waals surface area contributed by atoms with Gasteiger partial charge in [0.05, 0.1) is 57.8 Å². The second-order valence-electron chi connectivity index (χ2n) is 9.05. The molecule has 0 saturated heterocycles. The van der Waals surface area contributed by atoms with Gasteiger partial charge in [-0.3, -0.25) is 9.78 Å². The zero-order chi connectivity index (χ0) is 23.6. The number of aromatic nitrogens is 3. The average Bonchev–Trinajstić information content (AvgIpc) is 3.22. The predicted octanol–water partition coefficient (Wildman–Crippen LogP) is 4.61. The lowest BCUT2D eigenvalue weighted by atomic mass is 9.67. The molecule has 1 amide bonds. The van der Waals surface area contributed by atoms with Crippen molar-refractivity contribution in [1.29, 1.82) is 5.26 Å². The van der Waals surface area contributed by atoms with Crippen molar-refractivity contribution in [3.63, 3.8) is 0 Å². The van der Waals surface area contributed by atoms with E-state index < -0.39 is 11.0 Å². The molecule has 3 aromatic rings. The van der Waals surface area contributed by atoms with Crippen molar-refractivity contribution in [2.75, 3.05) is 5.32 Å². The van der Waals surface area contributed by atoms with Gasteiger partial charge in [-0.05, 0) is 70.2 Å². The standard InChI is InChI=1S/C26H29N5O2/c1-4-26(33)13-11-25(17-27,12-14-26)23-10-7-20(15-28-23)30-24(32)22-16-29-31(19(22)3)21-8-5-18(2)6-9-21/h5-10,15-16,33H,4,11-14H2,1-3H3,(H,30,32)/t25-,26+. The van der Waals surface area contributed by atoms with Crippen LogP contribution in [0.4, 0.5) is 5.69 Å². The topological polar surface area (TPSA) is 104 Å². The fourth-order valence-electron chi connectivity index (χ4n) is 4.45. The van der Waals surface area contributed by atoms with Crippen LogP contribution in [0, 0.1) is 25.2 Å². The second-order valence-corrected chi connectivity index (χ2v) is 9.05. The molecule has 0 bridgehead atoms. The van der Waals surface area contributed by atoms with Gasteiger partial charge in [-0.25, -0.2) is 4.68 Å². The number of carbonyl (C=O) groups excluding carboxylic acids is 1. The Morgan fingerprint density at radius 3 is 2.39 bits per heavy atom. The number of nitriles is 1. The van der Waals surface area contributed by atoms with E-state index in [1.54, 1.807) is 29.2 Å². The van der Waals surface area contributed by atoms with Crippen LogP contribution in [0.2, 0.25) is 0 Å². The van der Waals surface area contributed by atoms with Gasteiger partial charge in [0.1, 0.15) is 0 Å². The molecule has 1 aromatic carbocycles. The van der Waals surface area contributed by atoms with Gasteiger partial charge in [-0.15, -0.1) is 0 Å². The van der Waals surface area contributed by atoms with Crippen LogP contribution in [0.25, 0.3) is 5.69 Å². The summed E-state index contributed by atoms with van der Waals surface area (Å²) in [4.78, 5) is 17.4. The van der Waals surface area contributed by atoms with Crippen molar-refractivity contribution in [2.45, 2.75) is 63.9 Å². The summed E-state index contributed by atoms with van der Waals surface area (Å²) >= 11 is 0. The van der Waals surface area contributed by atoms with Gasteiger partial charge < -0.3 is 10.4 Å². The Balaban J connectivity index is 1.48. The minimum Gasteiger partial charge on any atom is -0.390 e. The monoisotopic (exact) mass is 443 g/mol. The summed E-state index contributed by atoms with van der Waals surface area (Å²) in [6, 6.07) is 14.0. The van der Waals surface area contributed by atoms with Gasteiger partial charge in [0.2, 0.25) is 0 Å². The molecule has 2 N–H and O–H groups in total. The molecule has 170 valence electrons. The summed E-state index contributed by atoms with van der Waals surface area (Å²) in [5.41, 5.74) is 3.14. The van der Waals surface area contributed by atoms with E-state index in [1.165, 1.54) is 0 Å². The molecular formula is C26H29N5O2. The molecule has 2 aromatic heterocycles. The van der Waals surface area contributed by atoms with Crippen LogP contribution in [0.15, 0.2) is 48.8 Å². The maximum atomic E-state index is 12.9. The first-order valence-electron chi connectivity index (χ1n) is 11.3. The summed E-state index contributed by atoms with van der Waals surface area (Å²) in [5, 5.41) is 27.7. The van der Waals surface area contributed by atoms with Crippen LogP contribution in [0.1, 0.15) is 66.3 Å². The van der Waals surface area contributed by atoms with E-state index in [2.05, 4.69) is 21.5 Å². The largest absolute Gasteiger partial charge is 0.390 e. The van der Waals surface area contributed by atoms with E-state index in [9.17, 15) is 15.2 Å². The molecule has 7 heteroatoms. The third-order valence-electron chi connectivity index (χ3n) is 6.95. The maximum Gasteiger partial charge on any atom is 0.259 e. The van der Waals surface area contributed by atoms with Gasteiger partial charge in [0.15, 0.2) is 0 Å². The number of nitrogens with one attached hydrogen (secondary N) is 1. The zero-order valence-corrected chi connectivity index (χ0v) is 19.3. The van der Waals surface area contributed by atoms with Gasteiger partial charge in [-0.2, -0.15) is 10.4 Å². The number of amides is 1. The van der Waals surface area contributed by atoms with Crippen molar-refractivity contribution in [3.05, 3.63) is 71.3 Å². The van der Waals surface area contributed by atoms with Crippen molar-refractivity contribution in [2.24, 2.45) is 0 Å². The minimum absolute atomic E-state index is 0.263. The number of benzene rings is 1. The van der Waals surface area contributed by atoms with Gasteiger partial charge >= 0.3 is 0 Å². The predicted molar refractivity (Wildman–Crippen MR) is 126 cm³/mol. The molecular weight excluding hydrogens is 414 g/mol. The fraction of sp³-hybridized carbons (Fsp3) is 0.385. The van der Waals surface area contributed by atoms with Crippen LogP contribution in [-0.2, 0) is 5.41 Å². The molecule has 0 aliphatic heterocycles. The fourth-order valence-corrected chi connectivity index (χ4v) is 4.45. The van der Waals surface area contributed by atoms with Crippen LogP contribution in [-0.4, -0.2) is 31.4 Å². The molecule has 1 aliphatic rings. The Bertz CT molecular complexity index is 1180. The molecule has 0 atom stereocenters. The third-order valence-corrected chi connectivity index (χ3v) is 6.95. The SMILES string of the molecule is CC[C@]1(O)CC[C@@](C#N)(c2ccc(NC(=O)c3cnn(-c4ccc(C)cc4)c3C)cn2)CC1. The normalized spacial score (nSPS) is 22.5. The summed E-state index contributed by atoms with van der Waals surface area (Å²) < 4.78 is 1.74. The zero-order valence-electron chi connectivity index (χ0n) is 19.3.